The van der Waals surface area contributed by atoms with Crippen LogP contribution in [0, 0.1) is 11.3 Å². The van der Waals surface area contributed by atoms with Crippen LogP contribution in [0.25, 0.3) is 0 Å². The van der Waals surface area contributed by atoms with E-state index in [1.807, 2.05) is 12.1 Å². The molecule has 0 saturated carbocycles. The molecule has 0 aliphatic rings. The van der Waals surface area contributed by atoms with Crippen LogP contribution in [0.15, 0.2) is 36.4 Å². The molecule has 0 aliphatic carbocycles. The largest absolute Gasteiger partial charge is 0.385 e. The highest BCUT2D eigenvalue weighted by molar-refractivity contribution is 6.30. The van der Waals surface area contributed by atoms with Crippen molar-refractivity contribution >= 4 is 11.6 Å². The van der Waals surface area contributed by atoms with Gasteiger partial charge in [0.25, 0.3) is 0 Å². The molecule has 1 N–H and O–H groups in total. The predicted octanol–water partition coefficient (Wildman–Crippen LogP) is 3.02. The number of aliphatic hydroxyl groups is 1. The molecule has 1 aromatic carbocycles. The molecule has 0 fully saturated rings. The maximum absolute atomic E-state index is 10.1. The average Bonchev–Trinajstić information content (AvgIpc) is 2.18. The highest BCUT2D eigenvalue weighted by Gasteiger charge is 2.21. The van der Waals surface area contributed by atoms with Gasteiger partial charge in [-0.1, -0.05) is 29.8 Å². The minimum absolute atomic E-state index is 0.390. The van der Waals surface area contributed by atoms with Gasteiger partial charge < -0.3 is 5.11 Å². The van der Waals surface area contributed by atoms with Crippen molar-refractivity contribution in [3.8, 4) is 6.07 Å². The molecule has 0 bridgehead atoms. The lowest BCUT2D eigenvalue weighted by atomic mass is 9.92. The lowest BCUT2D eigenvalue weighted by molar-refractivity contribution is 0.0606. The van der Waals surface area contributed by atoms with Crippen LogP contribution in [-0.4, -0.2) is 5.11 Å². The van der Waals surface area contributed by atoms with Gasteiger partial charge in [-0.15, -0.1) is 0 Å². The van der Waals surface area contributed by atoms with Crippen molar-refractivity contribution in [1.29, 1.82) is 5.26 Å². The van der Waals surface area contributed by atoms with Crippen molar-refractivity contribution in [1.82, 2.24) is 0 Å². The predicted molar refractivity (Wildman–Crippen MR) is 60.4 cm³/mol. The Morgan fingerprint density at radius 2 is 2.33 bits per heavy atom. The summed E-state index contributed by atoms with van der Waals surface area (Å²) in [5.41, 5.74) is -0.240. The van der Waals surface area contributed by atoms with Gasteiger partial charge in [-0.05, 0) is 31.0 Å². The van der Waals surface area contributed by atoms with Crippen molar-refractivity contribution < 1.29 is 5.11 Å². The molecule has 0 aliphatic heterocycles. The first-order valence-electron chi connectivity index (χ1n) is 4.59. The molecule has 0 unspecified atom stereocenters. The van der Waals surface area contributed by atoms with Gasteiger partial charge in [0, 0.05) is 11.1 Å². The molecule has 78 valence electrons. The summed E-state index contributed by atoms with van der Waals surface area (Å²) < 4.78 is 0. The molecular formula is C12H12ClNO. The first-order valence-corrected chi connectivity index (χ1v) is 4.97. The van der Waals surface area contributed by atoms with Crippen molar-refractivity contribution in [3.05, 3.63) is 47.0 Å². The Balaban J connectivity index is 2.86. The van der Waals surface area contributed by atoms with E-state index in [0.29, 0.717) is 11.4 Å². The van der Waals surface area contributed by atoms with Gasteiger partial charge in [-0.2, -0.15) is 5.26 Å². The summed E-state index contributed by atoms with van der Waals surface area (Å²) in [4.78, 5) is 0. The second kappa shape index (κ2) is 4.97. The summed E-state index contributed by atoms with van der Waals surface area (Å²) in [7, 11) is 0. The second-order valence-electron chi connectivity index (χ2n) is 3.52. The summed E-state index contributed by atoms with van der Waals surface area (Å²) >= 11 is 5.83. The lowest BCUT2D eigenvalue weighted by Crippen LogP contribution is -2.19. The number of allylic oxidation sites excluding steroid dienone is 1. The van der Waals surface area contributed by atoms with Crippen LogP contribution >= 0.6 is 11.6 Å². The zero-order valence-electron chi connectivity index (χ0n) is 8.44. The Labute approximate surface area is 94.4 Å². The SMILES string of the molecule is C[C@](O)(C/C=C\C#N)c1cccc(Cl)c1. The van der Waals surface area contributed by atoms with E-state index in [-0.39, 0.29) is 0 Å². The minimum Gasteiger partial charge on any atom is -0.385 e. The fourth-order valence-corrected chi connectivity index (χ4v) is 1.47. The van der Waals surface area contributed by atoms with E-state index in [2.05, 4.69) is 0 Å². The summed E-state index contributed by atoms with van der Waals surface area (Å²) in [6, 6.07) is 8.97. The van der Waals surface area contributed by atoms with Crippen molar-refractivity contribution in [2.24, 2.45) is 0 Å². The van der Waals surface area contributed by atoms with Gasteiger partial charge in [0.05, 0.1) is 11.7 Å². The molecule has 0 aromatic heterocycles. The molecule has 0 radical (unpaired) electrons. The second-order valence-corrected chi connectivity index (χ2v) is 3.96. The van der Waals surface area contributed by atoms with Crippen LogP contribution in [0.3, 0.4) is 0 Å². The van der Waals surface area contributed by atoms with Crippen molar-refractivity contribution in [2.45, 2.75) is 18.9 Å². The molecule has 0 amide bonds. The molecule has 0 spiro atoms. The number of hydrogen-bond acceptors (Lipinski definition) is 2. The van der Waals surface area contributed by atoms with Crippen molar-refractivity contribution in [2.75, 3.05) is 0 Å². The molecule has 1 aromatic rings. The number of hydrogen-bond donors (Lipinski definition) is 1. The summed E-state index contributed by atoms with van der Waals surface area (Å²) in [6.45, 7) is 1.69. The van der Waals surface area contributed by atoms with Gasteiger partial charge in [-0.25, -0.2) is 0 Å². The Morgan fingerprint density at radius 1 is 1.60 bits per heavy atom. The zero-order chi connectivity index (χ0) is 11.3. The van der Waals surface area contributed by atoms with E-state index in [1.165, 1.54) is 6.08 Å². The highest BCUT2D eigenvalue weighted by Crippen LogP contribution is 2.26. The Kier molecular flexibility index (Phi) is 3.90. The quantitative estimate of drug-likeness (QED) is 0.798. The van der Waals surface area contributed by atoms with E-state index in [0.717, 1.165) is 5.56 Å². The fraction of sp³-hybridized carbons (Fsp3) is 0.250. The minimum atomic E-state index is -0.988. The van der Waals surface area contributed by atoms with Gasteiger partial charge >= 0.3 is 0 Å². The van der Waals surface area contributed by atoms with Gasteiger partial charge in [0.1, 0.15) is 0 Å². The number of nitriles is 1. The van der Waals surface area contributed by atoms with Crippen LogP contribution < -0.4 is 0 Å². The Morgan fingerprint density at radius 3 is 2.93 bits per heavy atom. The smallest absolute Gasteiger partial charge is 0.0908 e. The van der Waals surface area contributed by atoms with Gasteiger partial charge in [0.2, 0.25) is 0 Å². The molecule has 0 heterocycles. The lowest BCUT2D eigenvalue weighted by Gasteiger charge is -2.22. The normalized spacial score (nSPS) is 14.8. The van der Waals surface area contributed by atoms with Crippen LogP contribution in [0.5, 0.6) is 0 Å². The standard InChI is InChI=1S/C12H12ClNO/c1-12(15,7-2-3-8-14)10-5-4-6-11(13)9-10/h2-6,9,15H,7H2,1H3/b3-2-/t12-/m0/s1. The van der Waals surface area contributed by atoms with E-state index >= 15 is 0 Å². The third-order valence-corrected chi connectivity index (χ3v) is 2.39. The molecule has 3 heteroatoms. The number of benzene rings is 1. The molecule has 0 saturated heterocycles. The topological polar surface area (TPSA) is 44.0 Å². The fourth-order valence-electron chi connectivity index (χ4n) is 1.28. The molecule has 2 nitrogen and oxygen atoms in total. The Bertz CT molecular complexity index is 404. The third-order valence-electron chi connectivity index (χ3n) is 2.15. The van der Waals surface area contributed by atoms with E-state index in [4.69, 9.17) is 16.9 Å². The van der Waals surface area contributed by atoms with Gasteiger partial charge in [-0.3, -0.25) is 0 Å². The summed E-state index contributed by atoms with van der Waals surface area (Å²) in [5.74, 6) is 0. The third kappa shape index (κ3) is 3.39. The monoisotopic (exact) mass is 221 g/mol. The molecule has 1 atom stereocenters. The molecule has 1 rings (SSSR count). The highest BCUT2D eigenvalue weighted by atomic mass is 35.5. The van der Waals surface area contributed by atoms with Crippen LogP contribution in [0.2, 0.25) is 5.02 Å². The van der Waals surface area contributed by atoms with E-state index in [9.17, 15) is 5.11 Å². The zero-order valence-corrected chi connectivity index (χ0v) is 9.20. The van der Waals surface area contributed by atoms with Crippen LogP contribution in [0.4, 0.5) is 0 Å². The molecular weight excluding hydrogens is 210 g/mol. The summed E-state index contributed by atoms with van der Waals surface area (Å²) in [6.07, 6.45) is 3.39. The van der Waals surface area contributed by atoms with Gasteiger partial charge in [0.15, 0.2) is 0 Å². The van der Waals surface area contributed by atoms with Crippen LogP contribution in [0.1, 0.15) is 18.9 Å². The average molecular weight is 222 g/mol. The van der Waals surface area contributed by atoms with E-state index in [1.54, 1.807) is 31.2 Å². The number of halogens is 1. The Hall–Kier alpha value is -1.30. The maximum atomic E-state index is 10.1. The van der Waals surface area contributed by atoms with E-state index < -0.39 is 5.60 Å². The number of nitrogens with zero attached hydrogens (tertiary/aromatic N) is 1. The molecule has 15 heavy (non-hydrogen) atoms. The van der Waals surface area contributed by atoms with Crippen molar-refractivity contribution in [3.63, 3.8) is 0 Å². The first-order chi connectivity index (χ1) is 7.06. The maximum Gasteiger partial charge on any atom is 0.0908 e. The first kappa shape index (κ1) is 11.8. The summed E-state index contributed by atoms with van der Waals surface area (Å²) in [5, 5.41) is 19.1. The number of rotatable bonds is 3. The van der Waals surface area contributed by atoms with Crippen LogP contribution in [-0.2, 0) is 5.60 Å².